The Kier molecular flexibility index (Phi) is 6.86. The van der Waals surface area contributed by atoms with Crippen LogP contribution in [0.4, 0.5) is 11.8 Å². The molecule has 23 heavy (non-hydrogen) atoms. The van der Waals surface area contributed by atoms with E-state index >= 15 is 0 Å². The zero-order chi connectivity index (χ0) is 16.7. The quantitative estimate of drug-likeness (QED) is 0.740. The minimum absolute atomic E-state index is 0.542. The number of nitrogens with one attached hydrogen (secondary N) is 2. The van der Waals surface area contributed by atoms with E-state index in [0.29, 0.717) is 34.3 Å². The van der Waals surface area contributed by atoms with Gasteiger partial charge in [-0.3, -0.25) is 0 Å². The average molecular weight is 354 g/mol. The lowest BCUT2D eigenvalue weighted by Gasteiger charge is -2.09. The summed E-state index contributed by atoms with van der Waals surface area (Å²) in [6.45, 7) is 5.90. The Morgan fingerprint density at radius 2 is 1.96 bits per heavy atom. The van der Waals surface area contributed by atoms with Crippen LogP contribution in [-0.2, 0) is 6.42 Å². The van der Waals surface area contributed by atoms with Crippen LogP contribution in [0.25, 0.3) is 0 Å². The first-order valence-electron chi connectivity index (χ1n) is 7.66. The van der Waals surface area contributed by atoms with Gasteiger partial charge in [0.1, 0.15) is 0 Å². The van der Waals surface area contributed by atoms with Gasteiger partial charge in [0.15, 0.2) is 5.82 Å². The standard InChI is InChI=1S/C16H21Cl2N5/c1-11(2)5-7-20-16-22-15(10-21-23-16)19-8-6-12-3-4-13(17)9-14(12)18/h3-4,9-11H,5-8H2,1-2H3,(H2,19,20,22,23). The van der Waals surface area contributed by atoms with Crippen molar-refractivity contribution in [3.8, 4) is 0 Å². The van der Waals surface area contributed by atoms with Gasteiger partial charge >= 0.3 is 0 Å². The van der Waals surface area contributed by atoms with Gasteiger partial charge in [-0.05, 0) is 36.5 Å². The van der Waals surface area contributed by atoms with E-state index in [1.165, 1.54) is 0 Å². The van der Waals surface area contributed by atoms with Crippen LogP contribution in [0, 0.1) is 5.92 Å². The van der Waals surface area contributed by atoms with Gasteiger partial charge in [0.25, 0.3) is 0 Å². The van der Waals surface area contributed by atoms with Crippen molar-refractivity contribution in [3.63, 3.8) is 0 Å². The highest BCUT2D eigenvalue weighted by molar-refractivity contribution is 6.35. The number of benzene rings is 1. The van der Waals surface area contributed by atoms with Crippen LogP contribution in [0.5, 0.6) is 0 Å². The zero-order valence-corrected chi connectivity index (χ0v) is 14.8. The van der Waals surface area contributed by atoms with Gasteiger partial charge in [-0.1, -0.05) is 43.1 Å². The molecule has 2 aromatic rings. The second kappa shape index (κ2) is 8.89. The number of hydrogen-bond acceptors (Lipinski definition) is 5. The van der Waals surface area contributed by atoms with Crippen molar-refractivity contribution in [2.24, 2.45) is 5.92 Å². The summed E-state index contributed by atoms with van der Waals surface area (Å²) in [7, 11) is 0. The number of aromatic nitrogens is 3. The van der Waals surface area contributed by atoms with E-state index < -0.39 is 0 Å². The SMILES string of the molecule is CC(C)CCNc1nncc(NCCc2ccc(Cl)cc2Cl)n1. The smallest absolute Gasteiger partial charge is 0.244 e. The zero-order valence-electron chi connectivity index (χ0n) is 13.3. The predicted octanol–water partition coefficient (Wildman–Crippen LogP) is 4.29. The predicted molar refractivity (Wildman–Crippen MR) is 96.4 cm³/mol. The fourth-order valence-electron chi connectivity index (χ4n) is 1.99. The third-order valence-electron chi connectivity index (χ3n) is 3.28. The van der Waals surface area contributed by atoms with Crippen molar-refractivity contribution in [3.05, 3.63) is 40.0 Å². The summed E-state index contributed by atoms with van der Waals surface area (Å²) in [6.07, 6.45) is 3.45. The second-order valence-corrected chi connectivity index (χ2v) is 6.53. The number of rotatable bonds is 8. The van der Waals surface area contributed by atoms with Gasteiger partial charge in [0.2, 0.25) is 5.95 Å². The van der Waals surface area contributed by atoms with Gasteiger partial charge < -0.3 is 10.6 Å². The number of halogens is 2. The Bertz CT molecular complexity index is 634. The van der Waals surface area contributed by atoms with E-state index in [1.54, 1.807) is 12.3 Å². The molecule has 2 rings (SSSR count). The van der Waals surface area contributed by atoms with Gasteiger partial charge in [-0.15, -0.1) is 5.10 Å². The van der Waals surface area contributed by atoms with Crippen molar-refractivity contribution < 1.29 is 0 Å². The average Bonchev–Trinajstić information content (AvgIpc) is 2.49. The number of hydrogen-bond donors (Lipinski definition) is 2. The van der Waals surface area contributed by atoms with E-state index in [1.807, 2.05) is 12.1 Å². The first-order chi connectivity index (χ1) is 11.0. The maximum absolute atomic E-state index is 6.16. The van der Waals surface area contributed by atoms with Crippen LogP contribution in [-0.4, -0.2) is 28.3 Å². The monoisotopic (exact) mass is 353 g/mol. The molecule has 0 bridgehead atoms. The van der Waals surface area contributed by atoms with Crippen LogP contribution < -0.4 is 10.6 Å². The van der Waals surface area contributed by atoms with Crippen LogP contribution >= 0.6 is 23.2 Å². The summed E-state index contributed by atoms with van der Waals surface area (Å²) in [6, 6.07) is 5.52. The molecule has 0 atom stereocenters. The second-order valence-electron chi connectivity index (χ2n) is 5.69. The summed E-state index contributed by atoms with van der Waals surface area (Å²) >= 11 is 12.1. The molecule has 2 N–H and O–H groups in total. The largest absolute Gasteiger partial charge is 0.368 e. The number of anilines is 2. The lowest BCUT2D eigenvalue weighted by molar-refractivity contribution is 0.605. The molecule has 0 aliphatic heterocycles. The Morgan fingerprint density at radius 3 is 2.70 bits per heavy atom. The maximum Gasteiger partial charge on any atom is 0.244 e. The minimum atomic E-state index is 0.542. The van der Waals surface area contributed by atoms with E-state index in [9.17, 15) is 0 Å². The molecule has 1 aromatic carbocycles. The minimum Gasteiger partial charge on any atom is -0.368 e. The van der Waals surface area contributed by atoms with Crippen LogP contribution in [0.3, 0.4) is 0 Å². The summed E-state index contributed by atoms with van der Waals surface area (Å²) in [5.41, 5.74) is 1.04. The van der Waals surface area contributed by atoms with Crippen LogP contribution in [0.15, 0.2) is 24.4 Å². The molecular formula is C16H21Cl2N5. The van der Waals surface area contributed by atoms with E-state index in [2.05, 4.69) is 39.7 Å². The topological polar surface area (TPSA) is 62.7 Å². The lowest BCUT2D eigenvalue weighted by Crippen LogP contribution is -2.11. The first kappa shape index (κ1) is 17.8. The Balaban J connectivity index is 1.83. The molecule has 0 spiro atoms. The fraction of sp³-hybridized carbons (Fsp3) is 0.438. The summed E-state index contributed by atoms with van der Waals surface area (Å²) in [5.74, 6) is 1.87. The highest BCUT2D eigenvalue weighted by Crippen LogP contribution is 2.21. The highest BCUT2D eigenvalue weighted by Gasteiger charge is 2.03. The molecule has 0 unspecified atom stereocenters. The maximum atomic E-state index is 6.16. The molecule has 0 saturated heterocycles. The molecule has 0 radical (unpaired) electrons. The molecule has 0 aliphatic rings. The van der Waals surface area contributed by atoms with Crippen molar-refractivity contribution in [1.82, 2.24) is 15.2 Å². The number of nitrogens with zero attached hydrogens (tertiary/aromatic N) is 3. The third-order valence-corrected chi connectivity index (χ3v) is 3.87. The third kappa shape index (κ3) is 6.20. The first-order valence-corrected chi connectivity index (χ1v) is 8.41. The molecule has 1 aromatic heterocycles. The molecular weight excluding hydrogens is 333 g/mol. The summed E-state index contributed by atoms with van der Waals surface area (Å²) in [4.78, 5) is 4.39. The van der Waals surface area contributed by atoms with Crippen LogP contribution in [0.1, 0.15) is 25.8 Å². The van der Waals surface area contributed by atoms with Gasteiger partial charge in [-0.25, -0.2) is 0 Å². The van der Waals surface area contributed by atoms with E-state index in [0.717, 1.165) is 24.9 Å². The van der Waals surface area contributed by atoms with Crippen molar-refractivity contribution in [2.45, 2.75) is 26.7 Å². The van der Waals surface area contributed by atoms with Gasteiger partial charge in [0.05, 0.1) is 6.20 Å². The van der Waals surface area contributed by atoms with Crippen molar-refractivity contribution >= 4 is 35.0 Å². The van der Waals surface area contributed by atoms with Gasteiger partial charge in [-0.2, -0.15) is 10.1 Å². The van der Waals surface area contributed by atoms with Crippen LogP contribution in [0.2, 0.25) is 10.0 Å². The summed E-state index contributed by atoms with van der Waals surface area (Å²) in [5, 5.41) is 15.7. The molecule has 5 nitrogen and oxygen atoms in total. The van der Waals surface area contributed by atoms with Crippen molar-refractivity contribution in [1.29, 1.82) is 0 Å². The van der Waals surface area contributed by atoms with Crippen molar-refractivity contribution in [2.75, 3.05) is 23.7 Å². The Hall–Kier alpha value is -1.59. The molecule has 1 heterocycles. The lowest BCUT2D eigenvalue weighted by atomic mass is 10.1. The molecule has 0 amide bonds. The molecule has 7 heteroatoms. The molecule has 0 fully saturated rings. The molecule has 0 saturated carbocycles. The van der Waals surface area contributed by atoms with E-state index in [4.69, 9.17) is 23.2 Å². The Morgan fingerprint density at radius 1 is 1.13 bits per heavy atom. The fourth-order valence-corrected chi connectivity index (χ4v) is 2.49. The van der Waals surface area contributed by atoms with Gasteiger partial charge in [0, 0.05) is 23.1 Å². The highest BCUT2D eigenvalue weighted by atomic mass is 35.5. The molecule has 124 valence electrons. The Labute approximate surface area is 146 Å². The molecule has 0 aliphatic carbocycles. The van der Waals surface area contributed by atoms with E-state index in [-0.39, 0.29) is 0 Å². The summed E-state index contributed by atoms with van der Waals surface area (Å²) < 4.78 is 0. The normalized spacial score (nSPS) is 10.8.